The minimum atomic E-state index is -0.833. The van der Waals surface area contributed by atoms with Gasteiger partial charge in [0.1, 0.15) is 17.4 Å². The Morgan fingerprint density at radius 2 is 2.05 bits per heavy atom. The quantitative estimate of drug-likeness (QED) is 0.449. The van der Waals surface area contributed by atoms with Crippen molar-refractivity contribution in [2.24, 2.45) is 11.1 Å². The third-order valence-electron chi connectivity index (χ3n) is 3.00. The molecule has 102 valence electrons. The van der Waals surface area contributed by atoms with E-state index < -0.39 is 11.9 Å². The lowest BCUT2D eigenvalue weighted by Crippen LogP contribution is -2.26. The lowest BCUT2D eigenvalue weighted by Gasteiger charge is -2.14. The topological polar surface area (TPSA) is 72.8 Å². The van der Waals surface area contributed by atoms with Gasteiger partial charge in [-0.3, -0.25) is 9.59 Å². The highest BCUT2D eigenvalue weighted by molar-refractivity contribution is 5.98. The fraction of sp³-hybridized carbons (Fsp3) is 0.429. The van der Waals surface area contributed by atoms with Gasteiger partial charge in [0.15, 0.2) is 0 Å². The first-order chi connectivity index (χ1) is 9.01. The SMILES string of the molecule is CCOC(=O)C(Cc1cccc(N=O)c1C)C(C)=O. The summed E-state index contributed by atoms with van der Waals surface area (Å²) in [5.41, 5.74) is 1.77. The third-order valence-corrected chi connectivity index (χ3v) is 3.00. The van der Waals surface area contributed by atoms with Crippen molar-refractivity contribution in [3.05, 3.63) is 34.2 Å². The first-order valence-corrected chi connectivity index (χ1v) is 6.10. The van der Waals surface area contributed by atoms with E-state index in [1.54, 1.807) is 32.0 Å². The number of Topliss-reactive ketones (excluding diaryl/α,β-unsaturated/α-hetero) is 1. The largest absolute Gasteiger partial charge is 0.465 e. The molecule has 0 saturated heterocycles. The van der Waals surface area contributed by atoms with Crippen molar-refractivity contribution in [2.45, 2.75) is 27.2 Å². The van der Waals surface area contributed by atoms with Crippen molar-refractivity contribution in [2.75, 3.05) is 6.61 Å². The zero-order valence-corrected chi connectivity index (χ0v) is 11.3. The van der Waals surface area contributed by atoms with Crippen LogP contribution in [-0.4, -0.2) is 18.4 Å². The van der Waals surface area contributed by atoms with Gasteiger partial charge in [0.25, 0.3) is 0 Å². The van der Waals surface area contributed by atoms with Gasteiger partial charge in [-0.25, -0.2) is 0 Å². The Morgan fingerprint density at radius 3 is 2.58 bits per heavy atom. The average Bonchev–Trinajstić information content (AvgIpc) is 2.37. The van der Waals surface area contributed by atoms with Crippen molar-refractivity contribution in [3.63, 3.8) is 0 Å². The molecule has 0 N–H and O–H groups in total. The number of benzene rings is 1. The zero-order chi connectivity index (χ0) is 14.4. The lowest BCUT2D eigenvalue weighted by molar-refractivity contribution is -0.151. The summed E-state index contributed by atoms with van der Waals surface area (Å²) in [4.78, 5) is 33.9. The molecule has 0 aliphatic heterocycles. The predicted molar refractivity (Wildman–Crippen MR) is 71.1 cm³/mol. The Kier molecular flexibility index (Phi) is 5.36. The Labute approximate surface area is 111 Å². The first kappa shape index (κ1) is 15.0. The van der Waals surface area contributed by atoms with Crippen molar-refractivity contribution < 1.29 is 14.3 Å². The number of carbonyl (C=O) groups is 2. The van der Waals surface area contributed by atoms with Gasteiger partial charge in [-0.2, -0.15) is 0 Å². The second-order valence-corrected chi connectivity index (χ2v) is 4.27. The highest BCUT2D eigenvalue weighted by atomic mass is 16.5. The fourth-order valence-corrected chi connectivity index (χ4v) is 1.85. The summed E-state index contributed by atoms with van der Waals surface area (Å²) in [6.07, 6.45) is 0.226. The molecule has 0 spiro atoms. The van der Waals surface area contributed by atoms with Gasteiger partial charge in [0, 0.05) is 0 Å². The number of esters is 1. The number of carbonyl (C=O) groups excluding carboxylic acids is 2. The predicted octanol–water partition coefficient (Wildman–Crippen LogP) is 2.70. The molecule has 0 fully saturated rings. The molecule has 5 heteroatoms. The minimum absolute atomic E-state index is 0.226. The molecule has 1 aromatic rings. The van der Waals surface area contributed by atoms with E-state index >= 15 is 0 Å². The van der Waals surface area contributed by atoms with Crippen LogP contribution in [0.25, 0.3) is 0 Å². The van der Waals surface area contributed by atoms with Gasteiger partial charge in [0.2, 0.25) is 0 Å². The van der Waals surface area contributed by atoms with E-state index in [1.807, 2.05) is 0 Å². The second kappa shape index (κ2) is 6.78. The third kappa shape index (κ3) is 3.71. The highest BCUT2D eigenvalue weighted by Gasteiger charge is 2.25. The van der Waals surface area contributed by atoms with Crippen LogP contribution < -0.4 is 0 Å². The van der Waals surface area contributed by atoms with Crippen LogP contribution in [0.3, 0.4) is 0 Å². The molecule has 0 amide bonds. The second-order valence-electron chi connectivity index (χ2n) is 4.27. The van der Waals surface area contributed by atoms with E-state index in [9.17, 15) is 14.5 Å². The van der Waals surface area contributed by atoms with E-state index in [4.69, 9.17) is 4.74 Å². The number of ketones is 1. The molecule has 0 aliphatic rings. The maximum Gasteiger partial charge on any atom is 0.316 e. The molecule has 0 heterocycles. The summed E-state index contributed by atoms with van der Waals surface area (Å²) in [6, 6.07) is 5.06. The van der Waals surface area contributed by atoms with Crippen LogP contribution in [-0.2, 0) is 20.7 Å². The van der Waals surface area contributed by atoms with Crippen molar-refractivity contribution in [1.29, 1.82) is 0 Å². The van der Waals surface area contributed by atoms with Crippen LogP contribution >= 0.6 is 0 Å². The smallest absolute Gasteiger partial charge is 0.316 e. The van der Waals surface area contributed by atoms with Gasteiger partial charge in [-0.15, -0.1) is 4.91 Å². The van der Waals surface area contributed by atoms with E-state index in [2.05, 4.69) is 5.18 Å². The van der Waals surface area contributed by atoms with E-state index in [0.717, 1.165) is 5.56 Å². The normalized spacial score (nSPS) is 11.7. The first-order valence-electron chi connectivity index (χ1n) is 6.10. The lowest BCUT2D eigenvalue weighted by atomic mass is 9.93. The van der Waals surface area contributed by atoms with Crippen molar-refractivity contribution in [1.82, 2.24) is 0 Å². The molecule has 0 bridgehead atoms. The Bertz CT molecular complexity index is 496. The summed E-state index contributed by atoms with van der Waals surface area (Å²) in [5, 5.41) is 2.91. The molecular formula is C14H17NO4. The Balaban J connectivity index is 3.00. The van der Waals surface area contributed by atoms with Crippen molar-refractivity contribution >= 4 is 17.4 Å². The van der Waals surface area contributed by atoms with Gasteiger partial charge in [-0.1, -0.05) is 12.1 Å². The molecule has 19 heavy (non-hydrogen) atoms. The monoisotopic (exact) mass is 263 g/mol. The number of ether oxygens (including phenoxy) is 1. The molecule has 0 radical (unpaired) electrons. The number of hydrogen-bond acceptors (Lipinski definition) is 5. The Morgan fingerprint density at radius 1 is 1.37 bits per heavy atom. The molecule has 1 atom stereocenters. The van der Waals surface area contributed by atoms with E-state index in [-0.39, 0.29) is 18.8 Å². The minimum Gasteiger partial charge on any atom is -0.465 e. The molecular weight excluding hydrogens is 246 g/mol. The summed E-state index contributed by atoms with van der Waals surface area (Å²) in [5.74, 6) is -1.61. The molecule has 5 nitrogen and oxygen atoms in total. The molecule has 1 rings (SSSR count). The summed E-state index contributed by atoms with van der Waals surface area (Å²) < 4.78 is 4.89. The molecule has 1 aromatic carbocycles. The molecule has 0 saturated carbocycles. The summed E-state index contributed by atoms with van der Waals surface area (Å²) in [7, 11) is 0. The standard InChI is InChI=1S/C14H17NO4/c1-4-19-14(17)12(10(3)16)8-11-6-5-7-13(15-18)9(11)2/h5-7,12H,4,8H2,1-3H3. The highest BCUT2D eigenvalue weighted by Crippen LogP contribution is 2.24. The van der Waals surface area contributed by atoms with Gasteiger partial charge >= 0.3 is 5.97 Å². The van der Waals surface area contributed by atoms with Crippen molar-refractivity contribution in [3.8, 4) is 0 Å². The molecule has 0 aromatic heterocycles. The van der Waals surface area contributed by atoms with Crippen LogP contribution in [0.2, 0.25) is 0 Å². The molecule has 0 aliphatic carbocycles. The average molecular weight is 263 g/mol. The van der Waals surface area contributed by atoms with Crippen LogP contribution in [0.15, 0.2) is 23.4 Å². The number of nitrogens with zero attached hydrogens (tertiary/aromatic N) is 1. The van der Waals surface area contributed by atoms with Crippen LogP contribution in [0.4, 0.5) is 5.69 Å². The zero-order valence-electron chi connectivity index (χ0n) is 11.3. The summed E-state index contributed by atoms with van der Waals surface area (Å²) in [6.45, 7) is 5.03. The molecule has 1 unspecified atom stereocenters. The maximum atomic E-state index is 11.7. The van der Waals surface area contributed by atoms with Gasteiger partial charge < -0.3 is 4.74 Å². The van der Waals surface area contributed by atoms with Crippen LogP contribution in [0.1, 0.15) is 25.0 Å². The maximum absolute atomic E-state index is 11.7. The number of rotatable bonds is 6. The Hall–Kier alpha value is -2.04. The number of hydrogen-bond donors (Lipinski definition) is 0. The van der Waals surface area contributed by atoms with Crippen LogP contribution in [0, 0.1) is 17.7 Å². The van der Waals surface area contributed by atoms with E-state index in [0.29, 0.717) is 11.3 Å². The summed E-state index contributed by atoms with van der Waals surface area (Å²) >= 11 is 0. The van der Waals surface area contributed by atoms with Gasteiger partial charge in [0.05, 0.1) is 6.61 Å². The fourth-order valence-electron chi connectivity index (χ4n) is 1.85. The van der Waals surface area contributed by atoms with Crippen LogP contribution in [0.5, 0.6) is 0 Å². The van der Waals surface area contributed by atoms with E-state index in [1.165, 1.54) is 6.92 Å². The number of nitroso groups, excluding NO2 is 1. The van der Waals surface area contributed by atoms with Gasteiger partial charge in [-0.05, 0) is 49.6 Å².